The van der Waals surface area contributed by atoms with Crippen molar-refractivity contribution in [1.29, 1.82) is 5.26 Å². The maximum atomic E-state index is 11.2. The number of anilines is 1. The number of aromatic nitrogens is 2. The molecule has 0 spiro atoms. The third kappa shape index (κ3) is 2.51. The van der Waals surface area contributed by atoms with Crippen LogP contribution in [0, 0.1) is 18.3 Å². The number of carbonyl (C=O) groups excluding carboxylic acids is 1. The Kier molecular flexibility index (Phi) is 3.89. The van der Waals surface area contributed by atoms with Crippen molar-refractivity contribution in [3.8, 4) is 6.07 Å². The molecule has 1 heterocycles. The zero-order chi connectivity index (χ0) is 12.1. The van der Waals surface area contributed by atoms with E-state index in [4.69, 9.17) is 5.26 Å². The Hall–Kier alpha value is -2.03. The zero-order valence-electron chi connectivity index (χ0n) is 9.66. The summed E-state index contributed by atoms with van der Waals surface area (Å²) in [5.41, 5.74) is 1.13. The third-order valence-electron chi connectivity index (χ3n) is 2.12. The monoisotopic (exact) mass is 221 g/mol. The van der Waals surface area contributed by atoms with Crippen LogP contribution in [-0.4, -0.2) is 28.8 Å². The van der Waals surface area contributed by atoms with Gasteiger partial charge in [0.1, 0.15) is 17.5 Å². The van der Waals surface area contributed by atoms with Gasteiger partial charge in [-0.2, -0.15) is 10.4 Å². The summed E-state index contributed by atoms with van der Waals surface area (Å²) in [4.78, 5) is 11.2. The van der Waals surface area contributed by atoms with Crippen molar-refractivity contribution >= 4 is 11.7 Å². The van der Waals surface area contributed by atoms with E-state index in [-0.39, 0.29) is 12.5 Å². The van der Waals surface area contributed by atoms with Crippen LogP contribution in [0.1, 0.15) is 18.2 Å². The van der Waals surface area contributed by atoms with E-state index in [1.54, 1.807) is 18.7 Å². The second kappa shape index (κ2) is 5.16. The van der Waals surface area contributed by atoms with Crippen molar-refractivity contribution < 1.29 is 4.79 Å². The lowest BCUT2D eigenvalue weighted by Crippen LogP contribution is -2.30. The summed E-state index contributed by atoms with van der Waals surface area (Å²) in [7, 11) is 1.73. The highest BCUT2D eigenvalue weighted by Gasteiger charge is 2.12. The maximum Gasteiger partial charge on any atom is 0.239 e. The Morgan fingerprint density at radius 2 is 2.31 bits per heavy atom. The van der Waals surface area contributed by atoms with E-state index in [1.165, 1.54) is 0 Å². The number of hydrogen-bond donors (Lipinski definition) is 2. The summed E-state index contributed by atoms with van der Waals surface area (Å²) in [6, 6.07) is 2.06. The van der Waals surface area contributed by atoms with Gasteiger partial charge in [0.2, 0.25) is 5.91 Å². The molecule has 0 unspecified atom stereocenters. The van der Waals surface area contributed by atoms with Gasteiger partial charge in [-0.1, -0.05) is 0 Å². The predicted molar refractivity (Wildman–Crippen MR) is 59.8 cm³/mol. The van der Waals surface area contributed by atoms with Crippen molar-refractivity contribution in [2.45, 2.75) is 13.8 Å². The Bertz CT molecular complexity index is 429. The lowest BCUT2D eigenvalue weighted by atomic mass is 10.2. The van der Waals surface area contributed by atoms with Gasteiger partial charge in [-0.15, -0.1) is 0 Å². The third-order valence-corrected chi connectivity index (χ3v) is 2.12. The van der Waals surface area contributed by atoms with Crippen LogP contribution in [-0.2, 0) is 11.8 Å². The smallest absolute Gasteiger partial charge is 0.239 e. The van der Waals surface area contributed by atoms with Gasteiger partial charge in [-0.05, 0) is 13.8 Å². The van der Waals surface area contributed by atoms with Gasteiger partial charge in [0, 0.05) is 13.6 Å². The van der Waals surface area contributed by atoms with Gasteiger partial charge >= 0.3 is 0 Å². The first-order valence-corrected chi connectivity index (χ1v) is 5.04. The van der Waals surface area contributed by atoms with Crippen LogP contribution in [0.15, 0.2) is 0 Å². The Morgan fingerprint density at radius 3 is 2.88 bits per heavy atom. The number of nitrogens with one attached hydrogen (secondary N) is 2. The number of aryl methyl sites for hydroxylation is 2. The molecule has 0 aromatic carbocycles. The number of amides is 1. The molecule has 2 N–H and O–H groups in total. The minimum atomic E-state index is -0.106. The van der Waals surface area contributed by atoms with Gasteiger partial charge in [0.15, 0.2) is 0 Å². The second-order valence-electron chi connectivity index (χ2n) is 3.35. The molecule has 0 aliphatic rings. The Labute approximate surface area is 94.2 Å². The maximum absolute atomic E-state index is 11.2. The van der Waals surface area contributed by atoms with Gasteiger partial charge < -0.3 is 10.6 Å². The molecule has 1 aromatic heterocycles. The molecule has 6 heteroatoms. The van der Waals surface area contributed by atoms with E-state index in [1.807, 2.05) is 6.92 Å². The highest BCUT2D eigenvalue weighted by atomic mass is 16.1. The van der Waals surface area contributed by atoms with E-state index in [9.17, 15) is 4.79 Å². The highest BCUT2D eigenvalue weighted by Crippen LogP contribution is 2.16. The fourth-order valence-electron chi connectivity index (χ4n) is 1.42. The molecule has 0 saturated carbocycles. The van der Waals surface area contributed by atoms with Crippen LogP contribution in [0.3, 0.4) is 0 Å². The molecule has 0 atom stereocenters. The van der Waals surface area contributed by atoms with Crippen LogP contribution in [0.2, 0.25) is 0 Å². The van der Waals surface area contributed by atoms with Gasteiger partial charge in [0.25, 0.3) is 0 Å². The molecule has 1 rings (SSSR count). The van der Waals surface area contributed by atoms with Crippen molar-refractivity contribution in [2.24, 2.45) is 7.05 Å². The SMILES string of the molecule is CCNC(=O)CNc1c(C#N)c(C)nn1C. The Morgan fingerprint density at radius 1 is 1.62 bits per heavy atom. The number of rotatable bonds is 4. The normalized spacial score (nSPS) is 9.62. The lowest BCUT2D eigenvalue weighted by molar-refractivity contribution is -0.119. The minimum Gasteiger partial charge on any atom is -0.360 e. The van der Waals surface area contributed by atoms with Crippen LogP contribution in [0.5, 0.6) is 0 Å². The number of likely N-dealkylation sites (N-methyl/N-ethyl adjacent to an activating group) is 1. The topological polar surface area (TPSA) is 82.7 Å². The minimum absolute atomic E-state index is 0.106. The molecule has 86 valence electrons. The number of nitrogens with zero attached hydrogens (tertiary/aromatic N) is 3. The van der Waals surface area contributed by atoms with Crippen LogP contribution < -0.4 is 10.6 Å². The molecule has 16 heavy (non-hydrogen) atoms. The number of nitriles is 1. The first kappa shape index (κ1) is 12.0. The van der Waals surface area contributed by atoms with Gasteiger partial charge in [-0.25, -0.2) is 0 Å². The van der Waals surface area contributed by atoms with Crippen molar-refractivity contribution in [3.63, 3.8) is 0 Å². The average molecular weight is 221 g/mol. The van der Waals surface area contributed by atoms with Gasteiger partial charge in [-0.3, -0.25) is 9.48 Å². The molecule has 6 nitrogen and oxygen atoms in total. The zero-order valence-corrected chi connectivity index (χ0v) is 9.66. The number of hydrogen-bond acceptors (Lipinski definition) is 4. The Balaban J connectivity index is 2.74. The molecular weight excluding hydrogens is 206 g/mol. The van der Waals surface area contributed by atoms with Crippen molar-refractivity contribution in [1.82, 2.24) is 15.1 Å². The molecular formula is C10H15N5O. The summed E-state index contributed by atoms with van der Waals surface area (Å²) in [5, 5.41) is 18.6. The molecule has 0 aliphatic heterocycles. The van der Waals surface area contributed by atoms with E-state index >= 15 is 0 Å². The van der Waals surface area contributed by atoms with Crippen molar-refractivity contribution in [2.75, 3.05) is 18.4 Å². The standard InChI is InChI=1S/C10H15N5O/c1-4-12-9(16)6-13-10-8(5-11)7(2)14-15(10)3/h13H,4,6H2,1-3H3,(H,12,16). The summed E-state index contributed by atoms with van der Waals surface area (Å²) in [5.74, 6) is 0.469. The van der Waals surface area contributed by atoms with Crippen LogP contribution >= 0.6 is 0 Å². The first-order chi connectivity index (χ1) is 7.60. The van der Waals surface area contributed by atoms with E-state index < -0.39 is 0 Å². The van der Waals surface area contributed by atoms with Gasteiger partial charge in [0.05, 0.1) is 12.2 Å². The molecule has 1 amide bonds. The number of carbonyl (C=O) groups is 1. The van der Waals surface area contributed by atoms with E-state index in [0.29, 0.717) is 23.6 Å². The quantitative estimate of drug-likeness (QED) is 0.758. The van der Waals surface area contributed by atoms with E-state index in [0.717, 1.165) is 0 Å². The summed E-state index contributed by atoms with van der Waals surface area (Å²) in [6.07, 6.45) is 0. The van der Waals surface area contributed by atoms with Crippen molar-refractivity contribution in [3.05, 3.63) is 11.3 Å². The lowest BCUT2D eigenvalue weighted by Gasteiger charge is -2.06. The fraction of sp³-hybridized carbons (Fsp3) is 0.500. The predicted octanol–water partition coefficient (Wildman–Crippen LogP) is 0.148. The van der Waals surface area contributed by atoms with E-state index in [2.05, 4.69) is 21.8 Å². The summed E-state index contributed by atoms with van der Waals surface area (Å²) >= 11 is 0. The molecule has 0 aliphatic carbocycles. The fourth-order valence-corrected chi connectivity index (χ4v) is 1.42. The van der Waals surface area contributed by atoms with Crippen LogP contribution in [0.4, 0.5) is 5.82 Å². The largest absolute Gasteiger partial charge is 0.360 e. The first-order valence-electron chi connectivity index (χ1n) is 5.04. The molecule has 0 fully saturated rings. The molecule has 0 bridgehead atoms. The van der Waals surface area contributed by atoms with Crippen LogP contribution in [0.25, 0.3) is 0 Å². The molecule has 1 aromatic rings. The molecule has 0 saturated heterocycles. The summed E-state index contributed by atoms with van der Waals surface area (Å²) in [6.45, 7) is 4.35. The second-order valence-corrected chi connectivity index (χ2v) is 3.35. The molecule has 0 radical (unpaired) electrons. The highest BCUT2D eigenvalue weighted by molar-refractivity contribution is 5.80. The average Bonchev–Trinajstić information content (AvgIpc) is 2.50. The summed E-state index contributed by atoms with van der Waals surface area (Å²) < 4.78 is 1.56.